The minimum Gasteiger partial charge on any atom is -0.352 e. The quantitative estimate of drug-likeness (QED) is 0.874. The highest BCUT2D eigenvalue weighted by atomic mass is 35.5. The van der Waals surface area contributed by atoms with Gasteiger partial charge in [0, 0.05) is 22.1 Å². The van der Waals surface area contributed by atoms with Crippen LogP contribution in [0, 0.1) is 0 Å². The summed E-state index contributed by atoms with van der Waals surface area (Å²) in [6, 6.07) is 5.79. The van der Waals surface area contributed by atoms with Gasteiger partial charge in [0.05, 0.1) is 6.54 Å². The molecule has 0 radical (unpaired) electrons. The molecule has 98 valence electrons. The molecule has 1 aliphatic carbocycles. The Morgan fingerprint density at radius 2 is 2.17 bits per heavy atom. The summed E-state index contributed by atoms with van der Waals surface area (Å²) in [7, 11) is 0. The molecule has 0 aliphatic heterocycles. The molecule has 1 unspecified atom stereocenters. The fraction of sp³-hybridized carbons (Fsp3) is 0.462. The maximum absolute atomic E-state index is 11.5. The van der Waals surface area contributed by atoms with Crippen molar-refractivity contribution in [2.45, 2.75) is 31.8 Å². The molecule has 0 heterocycles. The minimum atomic E-state index is 0.0136. The molecule has 0 aromatic heterocycles. The molecule has 1 amide bonds. The van der Waals surface area contributed by atoms with E-state index in [0.29, 0.717) is 22.6 Å². The van der Waals surface area contributed by atoms with Crippen molar-refractivity contribution in [3.63, 3.8) is 0 Å². The van der Waals surface area contributed by atoms with E-state index in [4.69, 9.17) is 23.2 Å². The Hall–Kier alpha value is -0.770. The Bertz CT molecular complexity index is 447. The lowest BCUT2D eigenvalue weighted by Crippen LogP contribution is -2.36. The van der Waals surface area contributed by atoms with Crippen molar-refractivity contribution in [3.05, 3.63) is 33.8 Å². The van der Waals surface area contributed by atoms with E-state index in [1.54, 1.807) is 12.1 Å². The van der Waals surface area contributed by atoms with Crippen LogP contribution in [0.15, 0.2) is 18.2 Å². The highest BCUT2D eigenvalue weighted by molar-refractivity contribution is 6.35. The van der Waals surface area contributed by atoms with Crippen molar-refractivity contribution in [2.75, 3.05) is 6.54 Å². The molecule has 1 fully saturated rings. The predicted molar refractivity (Wildman–Crippen MR) is 74.0 cm³/mol. The first-order chi connectivity index (χ1) is 8.56. The second kappa shape index (κ2) is 5.91. The first-order valence-electron chi connectivity index (χ1n) is 6.04. The lowest BCUT2D eigenvalue weighted by atomic mass is 10.1. The summed E-state index contributed by atoms with van der Waals surface area (Å²) in [4.78, 5) is 11.5. The maximum atomic E-state index is 11.5. The summed E-state index contributed by atoms with van der Waals surface area (Å²) in [5.41, 5.74) is 0.945. The van der Waals surface area contributed by atoms with Gasteiger partial charge >= 0.3 is 0 Å². The van der Waals surface area contributed by atoms with Crippen LogP contribution in [0.4, 0.5) is 0 Å². The van der Waals surface area contributed by atoms with Gasteiger partial charge in [0.25, 0.3) is 0 Å². The van der Waals surface area contributed by atoms with E-state index in [1.165, 1.54) is 0 Å². The average Bonchev–Trinajstić information content (AvgIpc) is 3.10. The van der Waals surface area contributed by atoms with Crippen molar-refractivity contribution in [1.29, 1.82) is 0 Å². The molecule has 1 saturated carbocycles. The van der Waals surface area contributed by atoms with E-state index < -0.39 is 0 Å². The SMILES string of the molecule is CC(NCC(=O)NC1CC1)c1ccc(Cl)cc1Cl. The van der Waals surface area contributed by atoms with E-state index in [0.717, 1.165) is 18.4 Å². The zero-order valence-corrected chi connectivity index (χ0v) is 11.7. The molecule has 2 N–H and O–H groups in total. The third kappa shape index (κ3) is 3.87. The first kappa shape index (κ1) is 13.7. The highest BCUT2D eigenvalue weighted by Gasteiger charge is 2.23. The highest BCUT2D eigenvalue weighted by Crippen LogP contribution is 2.26. The number of carbonyl (C=O) groups excluding carboxylic acids is 1. The normalized spacial score (nSPS) is 16.4. The van der Waals surface area contributed by atoms with Crippen LogP contribution in [-0.4, -0.2) is 18.5 Å². The first-order valence-corrected chi connectivity index (χ1v) is 6.79. The van der Waals surface area contributed by atoms with Gasteiger partial charge in [-0.25, -0.2) is 0 Å². The number of rotatable bonds is 5. The summed E-state index contributed by atoms with van der Waals surface area (Å²) in [6.45, 7) is 2.27. The van der Waals surface area contributed by atoms with Crippen LogP contribution >= 0.6 is 23.2 Å². The third-order valence-electron chi connectivity index (χ3n) is 2.94. The Morgan fingerprint density at radius 1 is 1.44 bits per heavy atom. The van der Waals surface area contributed by atoms with Gasteiger partial charge < -0.3 is 10.6 Å². The monoisotopic (exact) mass is 286 g/mol. The van der Waals surface area contributed by atoms with Crippen LogP contribution in [0.1, 0.15) is 31.4 Å². The molecule has 0 bridgehead atoms. The molecule has 2 rings (SSSR count). The van der Waals surface area contributed by atoms with Crippen LogP contribution in [0.3, 0.4) is 0 Å². The van der Waals surface area contributed by atoms with Gasteiger partial charge in [-0.05, 0) is 37.5 Å². The van der Waals surface area contributed by atoms with Crippen molar-refractivity contribution in [1.82, 2.24) is 10.6 Å². The summed E-state index contributed by atoms with van der Waals surface area (Å²) in [6.07, 6.45) is 2.20. The number of halogens is 2. The van der Waals surface area contributed by atoms with Gasteiger partial charge in [-0.1, -0.05) is 29.3 Å². The van der Waals surface area contributed by atoms with Crippen LogP contribution in [-0.2, 0) is 4.79 Å². The van der Waals surface area contributed by atoms with E-state index >= 15 is 0 Å². The smallest absolute Gasteiger partial charge is 0.234 e. The number of hydrogen-bond acceptors (Lipinski definition) is 2. The minimum absolute atomic E-state index is 0.0136. The fourth-order valence-corrected chi connectivity index (χ4v) is 2.29. The second-order valence-corrected chi connectivity index (χ2v) is 5.45. The summed E-state index contributed by atoms with van der Waals surface area (Å²) < 4.78 is 0. The van der Waals surface area contributed by atoms with Gasteiger partial charge in [0.15, 0.2) is 0 Å². The molecule has 1 atom stereocenters. The number of benzene rings is 1. The Labute approximate surface area is 117 Å². The number of carbonyl (C=O) groups is 1. The maximum Gasteiger partial charge on any atom is 0.234 e. The van der Waals surface area contributed by atoms with Crippen LogP contribution in [0.25, 0.3) is 0 Å². The van der Waals surface area contributed by atoms with Crippen molar-refractivity contribution in [3.8, 4) is 0 Å². The zero-order chi connectivity index (χ0) is 13.1. The van der Waals surface area contributed by atoms with E-state index in [1.807, 2.05) is 13.0 Å². The van der Waals surface area contributed by atoms with E-state index in [2.05, 4.69) is 10.6 Å². The molecule has 3 nitrogen and oxygen atoms in total. The third-order valence-corrected chi connectivity index (χ3v) is 3.50. The standard InChI is InChI=1S/C13H16Cl2N2O/c1-8(11-5-2-9(14)6-12(11)15)16-7-13(18)17-10-3-4-10/h2,5-6,8,10,16H,3-4,7H2,1H3,(H,17,18). The molecule has 1 aromatic carbocycles. The molecule has 1 aromatic rings. The van der Waals surface area contributed by atoms with Crippen molar-refractivity contribution < 1.29 is 4.79 Å². The molecule has 18 heavy (non-hydrogen) atoms. The van der Waals surface area contributed by atoms with Gasteiger partial charge in [0.2, 0.25) is 5.91 Å². The zero-order valence-electron chi connectivity index (χ0n) is 10.2. The molecule has 0 saturated heterocycles. The molecule has 1 aliphatic rings. The lowest BCUT2D eigenvalue weighted by Gasteiger charge is -2.15. The van der Waals surface area contributed by atoms with Gasteiger partial charge in [0.1, 0.15) is 0 Å². The summed E-state index contributed by atoms with van der Waals surface area (Å²) in [5.74, 6) is 0.0365. The van der Waals surface area contributed by atoms with E-state index in [-0.39, 0.29) is 11.9 Å². The van der Waals surface area contributed by atoms with Crippen LogP contribution in [0.2, 0.25) is 10.0 Å². The topological polar surface area (TPSA) is 41.1 Å². The summed E-state index contributed by atoms with van der Waals surface area (Å²) in [5, 5.41) is 7.31. The number of amides is 1. The van der Waals surface area contributed by atoms with Crippen molar-refractivity contribution in [2.24, 2.45) is 0 Å². The molecular weight excluding hydrogens is 271 g/mol. The van der Waals surface area contributed by atoms with Gasteiger partial charge in [-0.15, -0.1) is 0 Å². The molecule has 0 spiro atoms. The lowest BCUT2D eigenvalue weighted by molar-refractivity contribution is -0.120. The van der Waals surface area contributed by atoms with E-state index in [9.17, 15) is 4.79 Å². The molecule has 5 heteroatoms. The van der Waals surface area contributed by atoms with Gasteiger partial charge in [-0.2, -0.15) is 0 Å². The largest absolute Gasteiger partial charge is 0.352 e. The van der Waals surface area contributed by atoms with Crippen LogP contribution < -0.4 is 10.6 Å². The van der Waals surface area contributed by atoms with Crippen molar-refractivity contribution >= 4 is 29.1 Å². The summed E-state index contributed by atoms with van der Waals surface area (Å²) >= 11 is 12.0. The molecular formula is C13H16Cl2N2O. The fourth-order valence-electron chi connectivity index (χ4n) is 1.71. The Balaban J connectivity index is 1.86. The van der Waals surface area contributed by atoms with Gasteiger partial charge in [-0.3, -0.25) is 4.79 Å². The van der Waals surface area contributed by atoms with Crippen LogP contribution in [0.5, 0.6) is 0 Å². The average molecular weight is 287 g/mol. The Morgan fingerprint density at radius 3 is 2.78 bits per heavy atom. The number of nitrogens with one attached hydrogen (secondary N) is 2. The predicted octanol–water partition coefficient (Wildman–Crippen LogP) is 2.92. The second-order valence-electron chi connectivity index (χ2n) is 4.61. The Kier molecular flexibility index (Phi) is 4.49. The number of hydrogen-bond donors (Lipinski definition) is 2.